The van der Waals surface area contributed by atoms with Crippen LogP contribution in [0.2, 0.25) is 0 Å². The minimum Gasteiger partial charge on any atom is -0.489 e. The van der Waals surface area contributed by atoms with Gasteiger partial charge in [0.15, 0.2) is 0 Å². The maximum absolute atomic E-state index is 12.0. The van der Waals surface area contributed by atoms with Gasteiger partial charge in [-0.1, -0.05) is 53.8 Å². The average Bonchev–Trinajstić information content (AvgIpc) is 3.13. The molecule has 2 aromatic carbocycles. The Labute approximate surface area is 161 Å². The average molecular weight is 381 g/mol. The summed E-state index contributed by atoms with van der Waals surface area (Å²) >= 11 is 1.28. The van der Waals surface area contributed by atoms with Gasteiger partial charge in [0.05, 0.1) is 0 Å². The van der Waals surface area contributed by atoms with Crippen LogP contribution in [0, 0.1) is 0 Å². The van der Waals surface area contributed by atoms with Crippen molar-refractivity contribution in [3.63, 3.8) is 0 Å². The lowest BCUT2D eigenvalue weighted by Crippen LogP contribution is -2.07. The Morgan fingerprint density at radius 2 is 1.96 bits per heavy atom. The molecule has 0 saturated carbocycles. The van der Waals surface area contributed by atoms with E-state index in [0.29, 0.717) is 23.4 Å². The summed E-state index contributed by atoms with van der Waals surface area (Å²) in [5.74, 6) is 0.473. The molecular weight excluding hydrogens is 362 g/mol. The molecule has 0 unspecified atom stereocenters. The minimum atomic E-state index is -0.272. The molecular formula is C20H19N3O3S. The van der Waals surface area contributed by atoms with Gasteiger partial charge in [0.2, 0.25) is 11.0 Å². The molecule has 1 heterocycles. The normalized spacial score (nSPS) is 10.9. The summed E-state index contributed by atoms with van der Waals surface area (Å²) in [6.45, 7) is 0.870. The largest absolute Gasteiger partial charge is 0.489 e. The Morgan fingerprint density at radius 3 is 2.78 bits per heavy atom. The molecule has 3 aromatic rings. The van der Waals surface area contributed by atoms with Crippen molar-refractivity contribution in [3.05, 3.63) is 76.8 Å². The molecule has 0 aliphatic rings. The van der Waals surface area contributed by atoms with Crippen molar-refractivity contribution in [2.45, 2.75) is 13.2 Å². The van der Waals surface area contributed by atoms with Crippen molar-refractivity contribution in [3.8, 4) is 5.75 Å². The van der Waals surface area contributed by atoms with Crippen molar-refractivity contribution in [1.29, 1.82) is 0 Å². The van der Waals surface area contributed by atoms with Gasteiger partial charge in [-0.3, -0.25) is 10.1 Å². The number of methoxy groups -OCH3 is 1. The van der Waals surface area contributed by atoms with Crippen molar-refractivity contribution in [2.75, 3.05) is 12.4 Å². The summed E-state index contributed by atoms with van der Waals surface area (Å²) in [5.41, 5.74) is 1.97. The van der Waals surface area contributed by atoms with E-state index in [1.165, 1.54) is 17.4 Å². The third-order valence-corrected chi connectivity index (χ3v) is 4.31. The van der Waals surface area contributed by atoms with Crippen LogP contribution in [0.4, 0.5) is 5.13 Å². The predicted molar refractivity (Wildman–Crippen MR) is 106 cm³/mol. The zero-order valence-electron chi connectivity index (χ0n) is 14.8. The van der Waals surface area contributed by atoms with E-state index in [1.54, 1.807) is 13.2 Å². The summed E-state index contributed by atoms with van der Waals surface area (Å²) in [6.07, 6.45) is 3.18. The third kappa shape index (κ3) is 6.02. The quantitative estimate of drug-likeness (QED) is 0.599. The molecule has 0 atom stereocenters. The molecule has 0 saturated heterocycles. The van der Waals surface area contributed by atoms with Crippen LogP contribution < -0.4 is 10.1 Å². The van der Waals surface area contributed by atoms with Gasteiger partial charge in [-0.05, 0) is 29.3 Å². The van der Waals surface area contributed by atoms with Crippen LogP contribution in [0.5, 0.6) is 5.75 Å². The molecule has 0 aliphatic carbocycles. The number of nitrogens with one attached hydrogen (secondary N) is 1. The minimum absolute atomic E-state index is 0.272. The molecule has 138 valence electrons. The van der Waals surface area contributed by atoms with E-state index < -0.39 is 0 Å². The first-order valence-corrected chi connectivity index (χ1v) is 9.12. The van der Waals surface area contributed by atoms with Crippen LogP contribution in [0.25, 0.3) is 6.08 Å². The van der Waals surface area contributed by atoms with Crippen molar-refractivity contribution in [1.82, 2.24) is 10.2 Å². The number of carbonyl (C=O) groups is 1. The number of hydrogen-bond donors (Lipinski definition) is 1. The number of carbonyl (C=O) groups excluding carboxylic acids is 1. The zero-order valence-corrected chi connectivity index (χ0v) is 15.6. The van der Waals surface area contributed by atoms with Crippen LogP contribution in [0.15, 0.2) is 60.7 Å². The Hall–Kier alpha value is -3.03. The first kappa shape index (κ1) is 18.8. The molecule has 1 N–H and O–H groups in total. The second kappa shape index (κ2) is 9.61. The van der Waals surface area contributed by atoms with Crippen LogP contribution in [-0.2, 0) is 22.7 Å². The maximum atomic E-state index is 12.0. The van der Waals surface area contributed by atoms with Gasteiger partial charge in [0.1, 0.15) is 24.0 Å². The van der Waals surface area contributed by atoms with E-state index >= 15 is 0 Å². The number of rotatable bonds is 8. The van der Waals surface area contributed by atoms with Gasteiger partial charge in [-0.25, -0.2) is 0 Å². The molecule has 1 amide bonds. The fourth-order valence-electron chi connectivity index (χ4n) is 2.25. The summed E-state index contributed by atoms with van der Waals surface area (Å²) in [6, 6.07) is 17.5. The highest BCUT2D eigenvalue weighted by Crippen LogP contribution is 2.17. The molecule has 27 heavy (non-hydrogen) atoms. The van der Waals surface area contributed by atoms with Crippen molar-refractivity contribution in [2.24, 2.45) is 0 Å². The van der Waals surface area contributed by atoms with Crippen LogP contribution in [0.3, 0.4) is 0 Å². The predicted octanol–water partition coefficient (Wildman–Crippen LogP) is 3.92. The van der Waals surface area contributed by atoms with Crippen molar-refractivity contribution < 1.29 is 14.3 Å². The second-order valence-electron chi connectivity index (χ2n) is 5.60. The SMILES string of the molecule is COCc1nnc(NC(=O)/C=C/c2cccc(OCc3ccccc3)c2)s1. The van der Waals surface area contributed by atoms with Crippen molar-refractivity contribution >= 4 is 28.5 Å². The van der Waals surface area contributed by atoms with Crippen LogP contribution in [0.1, 0.15) is 16.1 Å². The van der Waals surface area contributed by atoms with E-state index in [0.717, 1.165) is 16.9 Å². The highest BCUT2D eigenvalue weighted by Gasteiger charge is 2.06. The monoisotopic (exact) mass is 381 g/mol. The van der Waals surface area contributed by atoms with Crippen LogP contribution >= 0.6 is 11.3 Å². The number of hydrogen-bond acceptors (Lipinski definition) is 6. The summed E-state index contributed by atoms with van der Waals surface area (Å²) < 4.78 is 10.8. The smallest absolute Gasteiger partial charge is 0.250 e. The molecule has 0 aliphatic heterocycles. The van der Waals surface area contributed by atoms with Gasteiger partial charge in [0.25, 0.3) is 0 Å². The molecule has 0 spiro atoms. The summed E-state index contributed by atoms with van der Waals surface area (Å²) in [7, 11) is 1.58. The van der Waals surface area contributed by atoms with E-state index in [-0.39, 0.29) is 5.91 Å². The molecule has 7 heteroatoms. The van der Waals surface area contributed by atoms with Gasteiger partial charge in [0, 0.05) is 13.2 Å². The lowest BCUT2D eigenvalue weighted by atomic mass is 10.2. The summed E-state index contributed by atoms with van der Waals surface area (Å²) in [5, 5.41) is 11.7. The van der Waals surface area contributed by atoms with E-state index in [2.05, 4.69) is 15.5 Å². The third-order valence-electron chi connectivity index (χ3n) is 3.50. The lowest BCUT2D eigenvalue weighted by Gasteiger charge is -2.06. The Morgan fingerprint density at radius 1 is 1.11 bits per heavy atom. The Bertz CT molecular complexity index is 910. The van der Waals surface area contributed by atoms with E-state index in [4.69, 9.17) is 9.47 Å². The topological polar surface area (TPSA) is 73.3 Å². The number of amides is 1. The van der Waals surface area contributed by atoms with Crippen LogP contribution in [-0.4, -0.2) is 23.2 Å². The first-order chi connectivity index (χ1) is 13.2. The summed E-state index contributed by atoms with van der Waals surface area (Å²) in [4.78, 5) is 12.0. The molecule has 6 nitrogen and oxygen atoms in total. The lowest BCUT2D eigenvalue weighted by molar-refractivity contribution is -0.111. The zero-order chi connectivity index (χ0) is 18.9. The number of nitrogens with zero attached hydrogens (tertiary/aromatic N) is 2. The molecule has 3 rings (SSSR count). The number of benzene rings is 2. The number of aromatic nitrogens is 2. The molecule has 0 bridgehead atoms. The first-order valence-electron chi connectivity index (χ1n) is 8.30. The Balaban J connectivity index is 1.55. The highest BCUT2D eigenvalue weighted by atomic mass is 32.1. The fourth-order valence-corrected chi connectivity index (χ4v) is 2.97. The van der Waals surface area contributed by atoms with Gasteiger partial charge in [-0.15, -0.1) is 10.2 Å². The number of anilines is 1. The maximum Gasteiger partial charge on any atom is 0.250 e. The highest BCUT2D eigenvalue weighted by molar-refractivity contribution is 7.15. The molecule has 0 radical (unpaired) electrons. The van der Waals surface area contributed by atoms with Gasteiger partial charge in [-0.2, -0.15) is 0 Å². The molecule has 0 fully saturated rings. The van der Waals surface area contributed by atoms with Gasteiger partial charge < -0.3 is 9.47 Å². The second-order valence-corrected chi connectivity index (χ2v) is 6.67. The van der Waals surface area contributed by atoms with E-state index in [9.17, 15) is 4.79 Å². The van der Waals surface area contributed by atoms with E-state index in [1.807, 2.05) is 54.6 Å². The standard InChI is InChI=1S/C20H19N3O3S/c1-25-14-19-22-23-20(27-19)21-18(24)11-10-15-8-5-9-17(12-15)26-13-16-6-3-2-4-7-16/h2-12H,13-14H2,1H3,(H,21,23,24)/b11-10+. The Kier molecular flexibility index (Phi) is 6.67. The fraction of sp³-hybridized carbons (Fsp3) is 0.150. The number of ether oxygens (including phenoxy) is 2. The van der Waals surface area contributed by atoms with Gasteiger partial charge >= 0.3 is 0 Å². The molecule has 1 aromatic heterocycles.